The first-order valence-corrected chi connectivity index (χ1v) is 10.5. The highest BCUT2D eigenvalue weighted by Crippen LogP contribution is 2.33. The van der Waals surface area contributed by atoms with Crippen LogP contribution < -0.4 is 0 Å². The van der Waals surface area contributed by atoms with E-state index in [0.717, 1.165) is 37.1 Å². The first-order valence-electron chi connectivity index (χ1n) is 10.5. The molecule has 0 bridgehead atoms. The van der Waals surface area contributed by atoms with Gasteiger partial charge >= 0.3 is 6.18 Å². The van der Waals surface area contributed by atoms with Crippen LogP contribution in [-0.2, 0) is 12.6 Å². The molecule has 0 N–H and O–H groups in total. The monoisotopic (exact) mass is 510 g/mol. The van der Waals surface area contributed by atoms with E-state index in [9.17, 15) is 39.5 Å². The summed E-state index contributed by atoms with van der Waals surface area (Å²) < 4.78 is 123. The van der Waals surface area contributed by atoms with E-state index in [4.69, 9.17) is 0 Å². The molecule has 0 fully saturated rings. The Bertz CT molecular complexity index is 1360. The van der Waals surface area contributed by atoms with Crippen molar-refractivity contribution in [2.75, 3.05) is 0 Å². The van der Waals surface area contributed by atoms with E-state index >= 15 is 0 Å². The van der Waals surface area contributed by atoms with Crippen molar-refractivity contribution in [3.8, 4) is 23.7 Å². The minimum absolute atomic E-state index is 0.281. The van der Waals surface area contributed by atoms with Crippen LogP contribution in [0.5, 0.6) is 0 Å². The molecule has 3 aromatic carbocycles. The largest absolute Gasteiger partial charge is 0.422 e. The van der Waals surface area contributed by atoms with Crippen molar-refractivity contribution in [3.05, 3.63) is 105 Å². The summed E-state index contributed by atoms with van der Waals surface area (Å²) in [5.74, 6) is 0.206. The first-order chi connectivity index (χ1) is 16.9. The number of benzene rings is 3. The molecule has 0 aromatic heterocycles. The average Bonchev–Trinajstić information content (AvgIpc) is 2.75. The Balaban J connectivity index is 1.90. The number of halogens is 9. The van der Waals surface area contributed by atoms with Gasteiger partial charge in [0.25, 0.3) is 0 Å². The van der Waals surface area contributed by atoms with Gasteiger partial charge in [0.15, 0.2) is 0 Å². The van der Waals surface area contributed by atoms with Gasteiger partial charge in [-0.2, -0.15) is 13.2 Å². The molecule has 0 aliphatic carbocycles. The summed E-state index contributed by atoms with van der Waals surface area (Å²) in [5.41, 5.74) is -3.96. The van der Waals surface area contributed by atoms with Gasteiger partial charge in [-0.3, -0.25) is 0 Å². The molecule has 0 saturated carbocycles. The van der Waals surface area contributed by atoms with Crippen LogP contribution in [0.3, 0.4) is 0 Å². The van der Waals surface area contributed by atoms with Crippen LogP contribution in [0.4, 0.5) is 39.5 Å². The second-order valence-electron chi connectivity index (χ2n) is 7.67. The SMILES string of the molecule is CCCCc1cc(F)c(C#Cc2cc(F)c(C#Cc3cc(F)c(C(F)(F)F)c(F)c3)c(F)c2)c(F)c1. The molecular formula is C27H15F9. The normalized spacial score (nSPS) is 10.9. The number of rotatable bonds is 3. The lowest BCUT2D eigenvalue weighted by molar-refractivity contribution is -0.142. The lowest BCUT2D eigenvalue weighted by Crippen LogP contribution is -2.11. The fourth-order valence-corrected chi connectivity index (χ4v) is 3.22. The standard InChI is InChI=1S/C27H15F9/c1-2-3-4-15-9-20(28)18(21(29)10-15)7-5-16-11-22(30)19(23(31)12-16)8-6-17-13-24(32)26(25(33)14-17)27(34,35)36/h9-14H,2-4H2,1H3. The first kappa shape index (κ1) is 26.7. The van der Waals surface area contributed by atoms with Gasteiger partial charge < -0.3 is 0 Å². The van der Waals surface area contributed by atoms with Gasteiger partial charge in [0, 0.05) is 11.1 Å². The van der Waals surface area contributed by atoms with E-state index in [0.29, 0.717) is 12.0 Å². The molecule has 0 atom stereocenters. The number of hydrogen-bond donors (Lipinski definition) is 0. The van der Waals surface area contributed by atoms with Crippen molar-refractivity contribution in [2.24, 2.45) is 0 Å². The number of unbranched alkanes of at least 4 members (excludes halogenated alkanes) is 1. The Morgan fingerprint density at radius 1 is 0.583 bits per heavy atom. The second-order valence-corrected chi connectivity index (χ2v) is 7.67. The van der Waals surface area contributed by atoms with Crippen molar-refractivity contribution in [2.45, 2.75) is 32.4 Å². The third kappa shape index (κ3) is 6.23. The second kappa shape index (κ2) is 10.8. The molecule has 3 aromatic rings. The quantitative estimate of drug-likeness (QED) is 0.251. The minimum atomic E-state index is -5.28. The molecule has 0 unspecified atom stereocenters. The predicted molar refractivity (Wildman–Crippen MR) is 115 cm³/mol. The zero-order chi connectivity index (χ0) is 26.6. The topological polar surface area (TPSA) is 0 Å². The van der Waals surface area contributed by atoms with Crippen LogP contribution in [-0.4, -0.2) is 0 Å². The van der Waals surface area contributed by atoms with Crippen molar-refractivity contribution in [3.63, 3.8) is 0 Å². The molecule has 186 valence electrons. The van der Waals surface area contributed by atoms with E-state index in [2.05, 4.69) is 11.8 Å². The molecule has 0 saturated heterocycles. The van der Waals surface area contributed by atoms with E-state index in [1.807, 2.05) is 18.8 Å². The minimum Gasteiger partial charge on any atom is -0.206 e. The van der Waals surface area contributed by atoms with Crippen molar-refractivity contribution in [1.29, 1.82) is 0 Å². The number of alkyl halides is 3. The Kier molecular flexibility index (Phi) is 8.04. The Hall–Kier alpha value is -3.85. The average molecular weight is 510 g/mol. The van der Waals surface area contributed by atoms with Gasteiger partial charge in [-0.1, -0.05) is 37.0 Å². The van der Waals surface area contributed by atoms with E-state index in [-0.39, 0.29) is 17.7 Å². The lowest BCUT2D eigenvalue weighted by atomic mass is 10.0. The zero-order valence-corrected chi connectivity index (χ0v) is 18.5. The Morgan fingerprint density at radius 2 is 0.972 bits per heavy atom. The maximum Gasteiger partial charge on any atom is 0.422 e. The summed E-state index contributed by atoms with van der Waals surface area (Å²) in [4.78, 5) is 0. The molecule has 0 heterocycles. The molecule has 0 aliphatic heterocycles. The summed E-state index contributed by atoms with van der Waals surface area (Å²) in [6.45, 7) is 1.93. The third-order valence-electron chi connectivity index (χ3n) is 4.95. The molecule has 0 amide bonds. The van der Waals surface area contributed by atoms with E-state index < -0.39 is 63.3 Å². The summed E-state index contributed by atoms with van der Waals surface area (Å²) >= 11 is 0. The highest BCUT2D eigenvalue weighted by Gasteiger charge is 2.37. The van der Waals surface area contributed by atoms with E-state index in [1.165, 1.54) is 0 Å². The number of hydrogen-bond acceptors (Lipinski definition) is 0. The summed E-state index contributed by atoms with van der Waals surface area (Å²) in [6, 6.07) is 4.28. The summed E-state index contributed by atoms with van der Waals surface area (Å²) in [7, 11) is 0. The van der Waals surface area contributed by atoms with Crippen LogP contribution in [0.2, 0.25) is 0 Å². The predicted octanol–water partition coefficient (Wildman–Crippen LogP) is 7.68. The van der Waals surface area contributed by atoms with Crippen molar-refractivity contribution in [1.82, 2.24) is 0 Å². The molecule has 0 radical (unpaired) electrons. The lowest BCUT2D eigenvalue weighted by Gasteiger charge is -2.09. The fraction of sp³-hybridized carbons (Fsp3) is 0.185. The van der Waals surface area contributed by atoms with Gasteiger partial charge in [0.2, 0.25) is 0 Å². The van der Waals surface area contributed by atoms with Gasteiger partial charge in [-0.25, -0.2) is 26.3 Å². The fourth-order valence-electron chi connectivity index (χ4n) is 3.22. The van der Waals surface area contributed by atoms with Gasteiger partial charge in [-0.05, 0) is 54.8 Å². The van der Waals surface area contributed by atoms with Crippen LogP contribution in [0.15, 0.2) is 36.4 Å². The summed E-state index contributed by atoms with van der Waals surface area (Å²) in [5, 5.41) is 0. The molecule has 3 rings (SSSR count). The maximum atomic E-state index is 14.4. The van der Waals surface area contributed by atoms with Gasteiger partial charge in [0.1, 0.15) is 40.5 Å². The molecular weight excluding hydrogens is 495 g/mol. The van der Waals surface area contributed by atoms with Crippen LogP contribution in [0.25, 0.3) is 0 Å². The third-order valence-corrected chi connectivity index (χ3v) is 4.95. The van der Waals surface area contributed by atoms with Crippen LogP contribution >= 0.6 is 0 Å². The highest BCUT2D eigenvalue weighted by atomic mass is 19.4. The van der Waals surface area contributed by atoms with Crippen molar-refractivity contribution < 1.29 is 39.5 Å². The van der Waals surface area contributed by atoms with Gasteiger partial charge in [-0.15, -0.1) is 0 Å². The molecule has 0 aliphatic rings. The molecule has 0 nitrogen and oxygen atoms in total. The summed E-state index contributed by atoms with van der Waals surface area (Å²) in [6.07, 6.45) is -3.23. The molecule has 36 heavy (non-hydrogen) atoms. The Morgan fingerprint density at radius 3 is 1.36 bits per heavy atom. The van der Waals surface area contributed by atoms with Crippen LogP contribution in [0, 0.1) is 58.6 Å². The number of aryl methyl sites for hydroxylation is 1. The maximum absolute atomic E-state index is 14.4. The molecule has 0 spiro atoms. The van der Waals surface area contributed by atoms with E-state index in [1.54, 1.807) is 0 Å². The highest BCUT2D eigenvalue weighted by molar-refractivity contribution is 5.50. The Labute approximate surface area is 200 Å². The zero-order valence-electron chi connectivity index (χ0n) is 18.5. The van der Waals surface area contributed by atoms with Crippen LogP contribution in [0.1, 0.15) is 53.1 Å². The molecule has 9 heteroatoms. The van der Waals surface area contributed by atoms with Gasteiger partial charge in [0.05, 0.1) is 11.1 Å². The van der Waals surface area contributed by atoms with Crippen molar-refractivity contribution >= 4 is 0 Å². The smallest absolute Gasteiger partial charge is 0.206 e.